The summed E-state index contributed by atoms with van der Waals surface area (Å²) in [7, 11) is 0. The van der Waals surface area contributed by atoms with Gasteiger partial charge in [-0.2, -0.15) is 0 Å². The first-order valence-corrected chi connectivity index (χ1v) is 17.8. The van der Waals surface area contributed by atoms with Gasteiger partial charge in [0.1, 0.15) is 10.6 Å². The van der Waals surface area contributed by atoms with Crippen LogP contribution in [0.15, 0.2) is 96.7 Å². The van der Waals surface area contributed by atoms with Crippen LogP contribution in [0.4, 0.5) is 23.7 Å². The lowest BCUT2D eigenvalue weighted by Crippen LogP contribution is -2.41. The maximum Gasteiger partial charge on any atom is 0.523 e. The van der Waals surface area contributed by atoms with Crippen molar-refractivity contribution in [3.05, 3.63) is 118 Å². The van der Waals surface area contributed by atoms with Crippen LogP contribution in [0.2, 0.25) is 0 Å². The minimum atomic E-state index is -4.92. The number of benzene rings is 3. The zero-order valence-corrected chi connectivity index (χ0v) is 29.5. The third kappa shape index (κ3) is 9.20. The summed E-state index contributed by atoms with van der Waals surface area (Å²) in [5.41, 5.74) is 3.00. The number of nitrogens with zero attached hydrogens (tertiary/aromatic N) is 2. The summed E-state index contributed by atoms with van der Waals surface area (Å²) in [6.45, 7) is 0.939. The molecule has 0 saturated carbocycles. The van der Waals surface area contributed by atoms with E-state index in [-0.39, 0.29) is 29.8 Å². The number of carboxylic acids is 1. The van der Waals surface area contributed by atoms with Gasteiger partial charge < -0.3 is 20.8 Å². The van der Waals surface area contributed by atoms with Gasteiger partial charge in [0.15, 0.2) is 6.10 Å². The molecule has 1 heterocycles. The highest BCUT2D eigenvalue weighted by molar-refractivity contribution is 7.19. The second-order valence-electron chi connectivity index (χ2n) is 13.0. The Bertz CT molecular complexity index is 2060. The predicted octanol–water partition coefficient (Wildman–Crippen LogP) is 7.81. The first kappa shape index (κ1) is 37.4. The molecule has 10 nitrogen and oxygen atoms in total. The number of anilines is 1. The van der Waals surface area contributed by atoms with Gasteiger partial charge in [-0.3, -0.25) is 14.4 Å². The normalized spacial score (nSPS) is 18.0. The van der Waals surface area contributed by atoms with E-state index in [4.69, 9.17) is 5.11 Å². The molecule has 0 radical (unpaired) electrons. The van der Waals surface area contributed by atoms with Crippen LogP contribution in [0, 0.1) is 0 Å². The quantitative estimate of drug-likeness (QED) is 0.123. The molecule has 1 unspecified atom stereocenters. The number of carbonyl (C=O) groups excluding carboxylic acids is 2. The van der Waals surface area contributed by atoms with Crippen LogP contribution in [0.1, 0.15) is 65.5 Å². The molecule has 2 aliphatic rings. The van der Waals surface area contributed by atoms with Gasteiger partial charge in [0.05, 0.1) is 23.3 Å². The smallest absolute Gasteiger partial charge is 0.479 e. The Labute approximate surface area is 307 Å². The van der Waals surface area contributed by atoms with Crippen LogP contribution in [0.5, 0.6) is 0 Å². The second-order valence-corrected chi connectivity index (χ2v) is 14.0. The molecule has 14 heteroatoms. The Morgan fingerprint density at radius 1 is 1.02 bits per heavy atom. The van der Waals surface area contributed by atoms with Crippen molar-refractivity contribution < 1.29 is 42.5 Å². The predicted molar refractivity (Wildman–Crippen MR) is 196 cm³/mol. The number of para-hydroxylation sites is 1. The average Bonchev–Trinajstić information content (AvgIpc) is 3.57. The summed E-state index contributed by atoms with van der Waals surface area (Å²) >= 11 is 1.23. The SMILES string of the molecule is CC1(OC(F)(F)F)CC=C(NC(=O)N(Cc2ccc(C(=O)NC[C@@H](O)C(=O)O)cc2)c2ccc(C3=CCCCC3)cc2)C=C1c1nc2ccccc2s1. The number of aromatic nitrogens is 1. The van der Waals surface area contributed by atoms with E-state index in [0.717, 1.165) is 35.9 Å². The Morgan fingerprint density at radius 2 is 1.75 bits per heavy atom. The number of hydrogen-bond donors (Lipinski definition) is 4. The summed E-state index contributed by atoms with van der Waals surface area (Å²) in [5.74, 6) is -2.04. The van der Waals surface area contributed by atoms with E-state index in [1.54, 1.807) is 24.3 Å². The van der Waals surface area contributed by atoms with Crippen molar-refractivity contribution in [1.82, 2.24) is 15.6 Å². The maximum atomic E-state index is 14.1. The number of nitrogens with one attached hydrogen (secondary N) is 2. The Kier molecular flexibility index (Phi) is 11.1. The number of alkyl halides is 3. The second kappa shape index (κ2) is 15.7. The number of halogens is 3. The van der Waals surface area contributed by atoms with Crippen molar-refractivity contribution in [2.24, 2.45) is 0 Å². The minimum Gasteiger partial charge on any atom is -0.479 e. The fourth-order valence-electron chi connectivity index (χ4n) is 6.25. The molecule has 4 N–H and O–H groups in total. The van der Waals surface area contributed by atoms with Gasteiger partial charge in [0.2, 0.25) is 0 Å². The molecule has 0 fully saturated rings. The van der Waals surface area contributed by atoms with Crippen LogP contribution in [0.25, 0.3) is 21.4 Å². The lowest BCUT2D eigenvalue weighted by molar-refractivity contribution is -0.353. The number of aliphatic carboxylic acids is 1. The number of aliphatic hydroxyl groups excluding tert-OH is 1. The summed E-state index contributed by atoms with van der Waals surface area (Å²) in [5, 5.41) is 23.9. The number of fused-ring (bicyclic) bond motifs is 1. The van der Waals surface area contributed by atoms with Crippen molar-refractivity contribution >= 4 is 56.3 Å². The van der Waals surface area contributed by atoms with E-state index >= 15 is 0 Å². The number of urea groups is 1. The lowest BCUT2D eigenvalue weighted by atomic mass is 9.87. The van der Waals surface area contributed by atoms with Crippen molar-refractivity contribution in [1.29, 1.82) is 0 Å². The molecule has 1 aromatic heterocycles. The van der Waals surface area contributed by atoms with Gasteiger partial charge in [-0.05, 0) is 91.8 Å². The number of thiazole rings is 1. The van der Waals surface area contributed by atoms with Gasteiger partial charge in [0.25, 0.3) is 5.91 Å². The molecule has 0 saturated heterocycles. The molecule has 0 spiro atoms. The van der Waals surface area contributed by atoms with Crippen LogP contribution in [0.3, 0.4) is 0 Å². The summed E-state index contributed by atoms with van der Waals surface area (Å²) in [6.07, 6.45) is 2.54. The Balaban J connectivity index is 1.27. The highest BCUT2D eigenvalue weighted by atomic mass is 32.1. The minimum absolute atomic E-state index is 0.0596. The third-order valence-corrected chi connectivity index (χ3v) is 10.2. The van der Waals surface area contributed by atoms with E-state index < -0.39 is 42.5 Å². The number of carboxylic acid groups (broad SMARTS) is 1. The van der Waals surface area contributed by atoms with E-state index in [0.29, 0.717) is 21.8 Å². The highest BCUT2D eigenvalue weighted by Gasteiger charge is 2.45. The van der Waals surface area contributed by atoms with Crippen molar-refractivity contribution in [3.63, 3.8) is 0 Å². The molecule has 53 heavy (non-hydrogen) atoms. The van der Waals surface area contributed by atoms with E-state index in [1.165, 1.54) is 53.0 Å². The Hall–Kier alpha value is -5.31. The number of carbonyl (C=O) groups is 3. The molecular weight excluding hydrogens is 710 g/mol. The van der Waals surface area contributed by atoms with E-state index in [1.807, 2.05) is 36.4 Å². The fraction of sp³-hybridized carbons (Fsp3) is 0.282. The monoisotopic (exact) mass is 746 g/mol. The molecule has 6 rings (SSSR count). The first-order chi connectivity index (χ1) is 25.3. The lowest BCUT2D eigenvalue weighted by Gasteiger charge is -2.34. The van der Waals surface area contributed by atoms with Gasteiger partial charge in [-0.1, -0.05) is 48.6 Å². The standard InChI is InChI=1S/C39H37F3N4O6S/c1-38(52-39(40,41)42)20-19-28(21-30(38)35-45-31-9-5-6-10-33(31)53-35)44-37(51)46(29-17-15-26(16-18-29)25-7-3-2-4-8-25)23-24-11-13-27(14-12-24)34(48)43-22-32(47)36(49)50/h5-7,9-19,21,32,47H,2-4,8,20,22-23H2,1H3,(H,43,48)(H,44,51)(H,49,50)/t32-,38?/m1/s1. The van der Waals surface area contributed by atoms with Crippen LogP contribution < -0.4 is 15.5 Å². The molecule has 3 aromatic carbocycles. The van der Waals surface area contributed by atoms with E-state index in [2.05, 4.69) is 26.4 Å². The zero-order chi connectivity index (χ0) is 37.8. The number of hydrogen-bond acceptors (Lipinski definition) is 7. The Morgan fingerprint density at radius 3 is 2.42 bits per heavy atom. The molecule has 0 bridgehead atoms. The fourth-order valence-corrected chi connectivity index (χ4v) is 7.35. The summed E-state index contributed by atoms with van der Waals surface area (Å²) in [6, 6.07) is 20.6. The van der Waals surface area contributed by atoms with E-state index in [9.17, 15) is 32.7 Å². The summed E-state index contributed by atoms with van der Waals surface area (Å²) in [4.78, 5) is 43.6. The number of ether oxygens (including phenoxy) is 1. The van der Waals surface area contributed by atoms with Crippen LogP contribution in [-0.4, -0.2) is 57.7 Å². The molecule has 2 atom stereocenters. The van der Waals surface area contributed by atoms with Crippen molar-refractivity contribution in [3.8, 4) is 0 Å². The number of allylic oxidation sites excluding steroid dienone is 3. The summed E-state index contributed by atoms with van der Waals surface area (Å²) < 4.78 is 46.5. The molecule has 276 valence electrons. The number of aliphatic hydroxyl groups is 1. The number of amides is 3. The van der Waals surface area contributed by atoms with Gasteiger partial charge in [0, 0.05) is 28.9 Å². The number of rotatable bonds is 11. The van der Waals surface area contributed by atoms with Crippen molar-refractivity contribution in [2.75, 3.05) is 11.4 Å². The molecular formula is C39H37F3N4O6S. The van der Waals surface area contributed by atoms with Crippen LogP contribution in [-0.2, 0) is 16.1 Å². The van der Waals surface area contributed by atoms with Gasteiger partial charge >= 0.3 is 18.4 Å². The molecule has 3 amide bonds. The van der Waals surface area contributed by atoms with Gasteiger partial charge in [-0.25, -0.2) is 14.6 Å². The van der Waals surface area contributed by atoms with Gasteiger partial charge in [-0.15, -0.1) is 24.5 Å². The van der Waals surface area contributed by atoms with Crippen molar-refractivity contribution in [2.45, 2.75) is 63.6 Å². The van der Waals surface area contributed by atoms with Crippen LogP contribution >= 0.6 is 11.3 Å². The molecule has 0 aliphatic heterocycles. The molecule has 2 aliphatic carbocycles. The first-order valence-electron chi connectivity index (χ1n) is 17.0. The topological polar surface area (TPSA) is 141 Å². The largest absolute Gasteiger partial charge is 0.523 e. The maximum absolute atomic E-state index is 14.1. The zero-order valence-electron chi connectivity index (χ0n) is 28.7. The highest BCUT2D eigenvalue weighted by Crippen LogP contribution is 2.43. The third-order valence-electron chi connectivity index (χ3n) is 9.08. The average molecular weight is 747 g/mol. The molecule has 4 aromatic rings.